The Morgan fingerprint density at radius 3 is 2.41 bits per heavy atom. The average Bonchev–Trinajstić information content (AvgIpc) is 2.65. The van der Waals surface area contributed by atoms with Gasteiger partial charge >= 0.3 is 17.9 Å². The van der Waals surface area contributed by atoms with E-state index in [0.29, 0.717) is 5.56 Å². The number of aliphatic carboxylic acids is 1. The highest BCUT2D eigenvalue weighted by Gasteiger charge is 2.25. The fraction of sp³-hybridized carbons (Fsp3) is 0.412. The standard InChI is InChI=1S/C17H22N2O8/c1-26-14(21)6-4-11(18)15(22)19-12(16(23)24)8-9-3-5-13(20)10(7-9)17(25)27-2/h3,5,7,11-12,20H,4,6,8,18H2,1-2H3,(H,19,22)(H,23,24)/t11-,12-/m0/s1. The lowest BCUT2D eigenvalue weighted by atomic mass is 10.0. The van der Waals surface area contributed by atoms with Crippen LogP contribution < -0.4 is 11.1 Å². The molecule has 1 rings (SSSR count). The number of carbonyl (C=O) groups excluding carboxylic acids is 3. The van der Waals surface area contributed by atoms with Crippen molar-refractivity contribution in [2.45, 2.75) is 31.3 Å². The Morgan fingerprint density at radius 2 is 1.85 bits per heavy atom. The van der Waals surface area contributed by atoms with Crippen molar-refractivity contribution in [3.05, 3.63) is 29.3 Å². The van der Waals surface area contributed by atoms with Crippen molar-refractivity contribution in [2.75, 3.05) is 14.2 Å². The molecule has 10 nitrogen and oxygen atoms in total. The van der Waals surface area contributed by atoms with Crippen molar-refractivity contribution < 1.29 is 38.9 Å². The number of carboxylic acid groups (broad SMARTS) is 1. The van der Waals surface area contributed by atoms with Gasteiger partial charge in [-0.05, 0) is 24.1 Å². The summed E-state index contributed by atoms with van der Waals surface area (Å²) in [7, 11) is 2.35. The first kappa shape index (κ1) is 21.9. The van der Waals surface area contributed by atoms with Crippen LogP contribution in [0.1, 0.15) is 28.8 Å². The summed E-state index contributed by atoms with van der Waals surface area (Å²) in [5, 5.41) is 21.3. The number of methoxy groups -OCH3 is 2. The maximum atomic E-state index is 12.1. The number of carbonyl (C=O) groups is 4. The zero-order valence-corrected chi connectivity index (χ0v) is 14.9. The molecule has 5 N–H and O–H groups in total. The summed E-state index contributed by atoms with van der Waals surface area (Å²) in [5.74, 6) is -3.68. The zero-order valence-electron chi connectivity index (χ0n) is 14.9. The van der Waals surface area contributed by atoms with Gasteiger partial charge in [0.1, 0.15) is 17.4 Å². The molecule has 0 heterocycles. The van der Waals surface area contributed by atoms with E-state index in [9.17, 15) is 29.4 Å². The van der Waals surface area contributed by atoms with E-state index < -0.39 is 35.9 Å². The number of carboxylic acids is 1. The predicted molar refractivity (Wildman–Crippen MR) is 91.9 cm³/mol. The van der Waals surface area contributed by atoms with Gasteiger partial charge < -0.3 is 30.7 Å². The number of nitrogens with two attached hydrogens (primary N) is 1. The minimum atomic E-state index is -1.32. The first-order valence-electron chi connectivity index (χ1n) is 7.95. The van der Waals surface area contributed by atoms with Gasteiger partial charge in [-0.15, -0.1) is 0 Å². The molecular weight excluding hydrogens is 360 g/mol. The van der Waals surface area contributed by atoms with Crippen molar-refractivity contribution in [2.24, 2.45) is 5.73 Å². The van der Waals surface area contributed by atoms with Crippen molar-refractivity contribution >= 4 is 23.8 Å². The molecule has 0 saturated heterocycles. The maximum absolute atomic E-state index is 12.1. The lowest BCUT2D eigenvalue weighted by Gasteiger charge is -2.18. The van der Waals surface area contributed by atoms with Gasteiger partial charge in [0, 0.05) is 12.8 Å². The largest absolute Gasteiger partial charge is 0.507 e. The predicted octanol–water partition coefficient (Wildman–Crippen LogP) is -0.429. The molecule has 0 aliphatic rings. The Morgan fingerprint density at radius 1 is 1.19 bits per heavy atom. The summed E-state index contributed by atoms with van der Waals surface area (Å²) in [6, 6.07) is 1.51. The van der Waals surface area contributed by atoms with Crippen LogP contribution in [0.3, 0.4) is 0 Å². The van der Waals surface area contributed by atoms with E-state index in [-0.39, 0.29) is 30.6 Å². The summed E-state index contributed by atoms with van der Waals surface area (Å²) in [4.78, 5) is 46.2. The first-order valence-corrected chi connectivity index (χ1v) is 7.95. The Kier molecular flexibility index (Phi) is 8.21. The topological polar surface area (TPSA) is 165 Å². The minimum absolute atomic E-state index is 0.00343. The van der Waals surface area contributed by atoms with Crippen LogP contribution in [0.15, 0.2) is 18.2 Å². The molecule has 0 aliphatic heterocycles. The lowest BCUT2D eigenvalue weighted by molar-refractivity contribution is -0.143. The summed E-state index contributed by atoms with van der Waals surface area (Å²) in [6.07, 6.45) is -0.241. The highest BCUT2D eigenvalue weighted by atomic mass is 16.5. The number of aromatic hydroxyl groups is 1. The number of esters is 2. The molecule has 0 spiro atoms. The van der Waals surface area contributed by atoms with Crippen LogP contribution in [0.5, 0.6) is 5.75 Å². The Bertz CT molecular complexity index is 719. The van der Waals surface area contributed by atoms with E-state index >= 15 is 0 Å². The van der Waals surface area contributed by atoms with E-state index in [1.54, 1.807) is 0 Å². The van der Waals surface area contributed by atoms with Crippen LogP contribution in [0.4, 0.5) is 0 Å². The van der Waals surface area contributed by atoms with Crippen LogP contribution in [-0.2, 0) is 30.3 Å². The lowest BCUT2D eigenvalue weighted by Crippen LogP contribution is -2.49. The monoisotopic (exact) mass is 382 g/mol. The second-order valence-electron chi connectivity index (χ2n) is 5.67. The summed E-state index contributed by atoms with van der Waals surface area (Å²) in [5.41, 5.74) is 5.91. The minimum Gasteiger partial charge on any atom is -0.507 e. The molecule has 1 amide bonds. The van der Waals surface area contributed by atoms with Crippen molar-refractivity contribution in [3.63, 3.8) is 0 Å². The molecule has 0 fully saturated rings. The maximum Gasteiger partial charge on any atom is 0.341 e. The molecule has 10 heteroatoms. The van der Waals surface area contributed by atoms with Gasteiger partial charge in [-0.25, -0.2) is 9.59 Å². The molecule has 0 bridgehead atoms. The van der Waals surface area contributed by atoms with Gasteiger partial charge in [-0.3, -0.25) is 9.59 Å². The number of rotatable bonds is 9. The van der Waals surface area contributed by atoms with Gasteiger partial charge in [0.25, 0.3) is 0 Å². The highest BCUT2D eigenvalue weighted by molar-refractivity contribution is 5.92. The third kappa shape index (κ3) is 6.59. The number of phenolic OH excluding ortho intramolecular Hbond substituents is 1. The quantitative estimate of drug-likeness (QED) is 0.415. The summed E-state index contributed by atoms with van der Waals surface area (Å²) < 4.78 is 8.99. The molecule has 0 unspecified atom stereocenters. The number of hydrogen-bond donors (Lipinski definition) is 4. The summed E-state index contributed by atoms with van der Waals surface area (Å²) in [6.45, 7) is 0. The van der Waals surface area contributed by atoms with Gasteiger partial charge in [0.15, 0.2) is 0 Å². The molecule has 27 heavy (non-hydrogen) atoms. The SMILES string of the molecule is COC(=O)CC[C@H](N)C(=O)N[C@@H](Cc1ccc(O)c(C(=O)OC)c1)C(=O)O. The van der Waals surface area contributed by atoms with E-state index in [2.05, 4.69) is 14.8 Å². The van der Waals surface area contributed by atoms with Crippen molar-refractivity contribution in [1.29, 1.82) is 0 Å². The third-order valence-electron chi connectivity index (χ3n) is 3.74. The van der Waals surface area contributed by atoms with Crippen LogP contribution in [0.2, 0.25) is 0 Å². The Balaban J connectivity index is 2.82. The van der Waals surface area contributed by atoms with Gasteiger partial charge in [0.05, 0.1) is 20.3 Å². The number of amides is 1. The number of benzene rings is 1. The second-order valence-corrected chi connectivity index (χ2v) is 5.67. The second kappa shape index (κ2) is 10.1. The Hall–Kier alpha value is -3.14. The van der Waals surface area contributed by atoms with E-state index in [1.807, 2.05) is 0 Å². The summed E-state index contributed by atoms with van der Waals surface area (Å²) >= 11 is 0. The number of ether oxygens (including phenoxy) is 2. The molecule has 0 aromatic heterocycles. The molecule has 0 saturated carbocycles. The first-order chi connectivity index (χ1) is 12.7. The zero-order chi connectivity index (χ0) is 20.6. The molecule has 1 aromatic rings. The van der Waals surface area contributed by atoms with Gasteiger partial charge in [-0.2, -0.15) is 0 Å². The normalized spacial score (nSPS) is 12.6. The van der Waals surface area contributed by atoms with Crippen molar-refractivity contribution in [3.8, 4) is 5.75 Å². The van der Waals surface area contributed by atoms with Crippen LogP contribution in [-0.4, -0.2) is 60.3 Å². The Labute approximate surface area is 155 Å². The highest BCUT2D eigenvalue weighted by Crippen LogP contribution is 2.20. The van der Waals surface area contributed by atoms with Crippen LogP contribution in [0.25, 0.3) is 0 Å². The van der Waals surface area contributed by atoms with Gasteiger partial charge in [-0.1, -0.05) is 6.07 Å². The number of phenols is 1. The van der Waals surface area contributed by atoms with E-state index in [1.165, 1.54) is 25.3 Å². The van der Waals surface area contributed by atoms with E-state index in [4.69, 9.17) is 5.73 Å². The average molecular weight is 382 g/mol. The third-order valence-corrected chi connectivity index (χ3v) is 3.74. The molecule has 148 valence electrons. The molecule has 2 atom stereocenters. The van der Waals surface area contributed by atoms with Crippen LogP contribution >= 0.6 is 0 Å². The van der Waals surface area contributed by atoms with E-state index in [0.717, 1.165) is 7.11 Å². The van der Waals surface area contributed by atoms with Crippen LogP contribution in [0, 0.1) is 0 Å². The van der Waals surface area contributed by atoms with Gasteiger partial charge in [0.2, 0.25) is 5.91 Å². The molecule has 1 aromatic carbocycles. The fourth-order valence-corrected chi connectivity index (χ4v) is 2.20. The number of hydrogen-bond acceptors (Lipinski definition) is 8. The number of nitrogens with one attached hydrogen (secondary N) is 1. The molecule has 0 aliphatic carbocycles. The molecule has 0 radical (unpaired) electrons. The fourth-order valence-electron chi connectivity index (χ4n) is 2.20. The van der Waals surface area contributed by atoms with Crippen molar-refractivity contribution in [1.82, 2.24) is 5.32 Å². The smallest absolute Gasteiger partial charge is 0.341 e. The molecular formula is C17H22N2O8.